The van der Waals surface area contributed by atoms with Crippen LogP contribution in [0.3, 0.4) is 0 Å². The highest BCUT2D eigenvalue weighted by Crippen LogP contribution is 2.50. The molecule has 0 bridgehead atoms. The Labute approximate surface area is 216 Å². The molecule has 0 N–H and O–H groups in total. The van der Waals surface area contributed by atoms with Gasteiger partial charge in [-0.05, 0) is 69.4 Å². The van der Waals surface area contributed by atoms with Gasteiger partial charge in [0.1, 0.15) is 5.52 Å². The highest BCUT2D eigenvalue weighted by Gasteiger charge is 2.36. The van der Waals surface area contributed by atoms with Crippen LogP contribution in [0.25, 0.3) is 72.1 Å². The van der Waals surface area contributed by atoms with Crippen LogP contribution in [0.2, 0.25) is 0 Å². The van der Waals surface area contributed by atoms with Crippen LogP contribution in [-0.2, 0) is 5.41 Å². The van der Waals surface area contributed by atoms with Crippen LogP contribution in [-0.4, -0.2) is 23.2 Å². The van der Waals surface area contributed by atoms with Gasteiger partial charge in [0, 0.05) is 5.41 Å². The van der Waals surface area contributed by atoms with Gasteiger partial charge in [-0.2, -0.15) is 0 Å². The number of imidazole rings is 4. The average Bonchev–Trinajstić information content (AvgIpc) is 3.69. The molecule has 0 amide bonds. The summed E-state index contributed by atoms with van der Waals surface area (Å²) < 4.78 is 6.87. The SMILES string of the molecule is CC1(C)c2ccccc2-c2cc3nc4n(c3cc21)c1cccc2c1n4c1nc3cc4ccccc4cc3n21. The van der Waals surface area contributed by atoms with E-state index >= 15 is 0 Å². The van der Waals surface area contributed by atoms with Gasteiger partial charge in [0.05, 0.1) is 33.1 Å². The molecule has 178 valence electrons. The van der Waals surface area contributed by atoms with Crippen molar-refractivity contribution in [2.45, 2.75) is 19.3 Å². The Bertz CT molecular complexity index is 2480. The lowest BCUT2D eigenvalue weighted by atomic mass is 9.82. The standard InChI is InChI=1S/C33H21N5/c1-33(2)22-11-6-5-10-20(22)21-16-25-29(17-23(21)33)37-27-13-7-12-26-30(27)38(32(37)35-25)31-34-24-14-18-8-3-4-9-19(18)15-28(24)36(26)31/h3-17H,1-2H3. The van der Waals surface area contributed by atoms with Gasteiger partial charge in [0.25, 0.3) is 0 Å². The zero-order valence-electron chi connectivity index (χ0n) is 20.9. The minimum atomic E-state index is -0.0547. The molecule has 5 nitrogen and oxygen atoms in total. The van der Waals surface area contributed by atoms with E-state index in [0.29, 0.717) is 0 Å². The van der Waals surface area contributed by atoms with E-state index in [4.69, 9.17) is 9.97 Å². The van der Waals surface area contributed by atoms with E-state index in [0.717, 1.165) is 50.2 Å². The topological polar surface area (TPSA) is 39.0 Å². The van der Waals surface area contributed by atoms with Gasteiger partial charge < -0.3 is 0 Å². The number of rotatable bonds is 0. The fourth-order valence-electron chi connectivity index (χ4n) is 7.18. The second kappa shape index (κ2) is 5.97. The van der Waals surface area contributed by atoms with Crippen molar-refractivity contribution in [1.82, 2.24) is 23.2 Å². The maximum absolute atomic E-state index is 5.25. The van der Waals surface area contributed by atoms with Crippen LogP contribution >= 0.6 is 0 Å². The fourth-order valence-corrected chi connectivity index (χ4v) is 7.18. The number of benzene rings is 5. The molecular weight excluding hydrogens is 466 g/mol. The first kappa shape index (κ1) is 19.2. The molecule has 0 fully saturated rings. The quantitative estimate of drug-likeness (QED) is 0.221. The third kappa shape index (κ3) is 1.99. The van der Waals surface area contributed by atoms with Crippen molar-refractivity contribution in [3.05, 3.63) is 102 Å². The summed E-state index contributed by atoms with van der Waals surface area (Å²) in [6.45, 7) is 4.66. The molecule has 5 heteroatoms. The predicted octanol–water partition coefficient (Wildman–Crippen LogP) is 7.59. The summed E-state index contributed by atoms with van der Waals surface area (Å²) in [6, 6.07) is 33.0. The number of para-hydroxylation sites is 1. The molecule has 1 aliphatic rings. The smallest absolute Gasteiger partial charge is 0.223 e. The van der Waals surface area contributed by atoms with Crippen molar-refractivity contribution >= 4 is 60.9 Å². The summed E-state index contributed by atoms with van der Waals surface area (Å²) in [5, 5.41) is 2.43. The van der Waals surface area contributed by atoms with Gasteiger partial charge >= 0.3 is 0 Å². The summed E-state index contributed by atoms with van der Waals surface area (Å²) in [4.78, 5) is 10.4. The molecule has 0 radical (unpaired) electrons. The molecule has 0 spiro atoms. The predicted molar refractivity (Wildman–Crippen MR) is 154 cm³/mol. The molecule has 4 aromatic heterocycles. The van der Waals surface area contributed by atoms with Gasteiger partial charge in [-0.15, -0.1) is 0 Å². The Morgan fingerprint density at radius 1 is 0.526 bits per heavy atom. The third-order valence-electron chi connectivity index (χ3n) is 8.94. The first-order valence-electron chi connectivity index (χ1n) is 13.1. The van der Waals surface area contributed by atoms with Crippen LogP contribution in [0.5, 0.6) is 0 Å². The van der Waals surface area contributed by atoms with Gasteiger partial charge in [0.15, 0.2) is 0 Å². The van der Waals surface area contributed by atoms with E-state index in [9.17, 15) is 0 Å². The Morgan fingerprint density at radius 3 is 1.92 bits per heavy atom. The van der Waals surface area contributed by atoms with Gasteiger partial charge in [-0.3, -0.25) is 8.80 Å². The van der Waals surface area contributed by atoms with Gasteiger partial charge in [-0.25, -0.2) is 14.4 Å². The van der Waals surface area contributed by atoms with Crippen LogP contribution in [0, 0.1) is 0 Å². The first-order valence-corrected chi connectivity index (χ1v) is 13.1. The minimum absolute atomic E-state index is 0.0547. The zero-order valence-corrected chi connectivity index (χ0v) is 20.9. The normalized spacial score (nSPS) is 14.8. The first-order chi connectivity index (χ1) is 18.6. The molecule has 0 saturated heterocycles. The molecule has 0 unspecified atom stereocenters. The Hall–Kier alpha value is -4.90. The number of hydrogen-bond acceptors (Lipinski definition) is 2. The van der Waals surface area contributed by atoms with E-state index in [1.807, 2.05) is 0 Å². The molecule has 0 aliphatic heterocycles. The number of fused-ring (bicyclic) bond motifs is 14. The molecular formula is C33H21N5. The summed E-state index contributed by atoms with van der Waals surface area (Å²) in [7, 11) is 0. The molecule has 38 heavy (non-hydrogen) atoms. The van der Waals surface area contributed by atoms with Gasteiger partial charge in [0.2, 0.25) is 11.6 Å². The summed E-state index contributed by atoms with van der Waals surface area (Å²) in [6.07, 6.45) is 0. The van der Waals surface area contributed by atoms with Crippen molar-refractivity contribution in [2.24, 2.45) is 0 Å². The van der Waals surface area contributed by atoms with E-state index in [1.54, 1.807) is 0 Å². The van der Waals surface area contributed by atoms with E-state index in [1.165, 1.54) is 33.0 Å². The average molecular weight is 488 g/mol. The van der Waals surface area contributed by atoms with Gasteiger partial charge in [-0.1, -0.05) is 68.4 Å². The maximum Gasteiger partial charge on any atom is 0.223 e. The van der Waals surface area contributed by atoms with Crippen molar-refractivity contribution in [2.75, 3.05) is 0 Å². The number of nitrogens with zero attached hydrogens (tertiary/aromatic N) is 5. The fraction of sp³-hybridized carbons (Fsp3) is 0.0909. The minimum Gasteiger partial charge on any atom is -0.276 e. The summed E-state index contributed by atoms with van der Waals surface area (Å²) in [5.41, 5.74) is 13.1. The largest absolute Gasteiger partial charge is 0.276 e. The summed E-state index contributed by atoms with van der Waals surface area (Å²) in [5.74, 6) is 1.82. The Balaban J connectivity index is 1.39. The Morgan fingerprint density at radius 2 is 1.16 bits per heavy atom. The van der Waals surface area contributed by atoms with Crippen molar-refractivity contribution in [3.8, 4) is 11.1 Å². The highest BCUT2D eigenvalue weighted by atomic mass is 15.3. The van der Waals surface area contributed by atoms with E-state index in [2.05, 4.69) is 118 Å². The van der Waals surface area contributed by atoms with E-state index in [-0.39, 0.29) is 5.41 Å². The monoisotopic (exact) mass is 487 g/mol. The van der Waals surface area contributed by atoms with Crippen LogP contribution in [0.15, 0.2) is 91.0 Å². The highest BCUT2D eigenvalue weighted by molar-refractivity contribution is 6.06. The van der Waals surface area contributed by atoms with Crippen LogP contribution < -0.4 is 0 Å². The molecule has 10 rings (SSSR count). The number of hydrogen-bond donors (Lipinski definition) is 0. The zero-order chi connectivity index (χ0) is 24.9. The van der Waals surface area contributed by atoms with E-state index < -0.39 is 0 Å². The lowest BCUT2D eigenvalue weighted by Crippen LogP contribution is -2.14. The molecule has 1 aliphatic carbocycles. The van der Waals surface area contributed by atoms with Crippen molar-refractivity contribution in [1.29, 1.82) is 0 Å². The third-order valence-corrected chi connectivity index (χ3v) is 8.94. The van der Waals surface area contributed by atoms with Crippen LogP contribution in [0.4, 0.5) is 0 Å². The van der Waals surface area contributed by atoms with Crippen LogP contribution in [0.1, 0.15) is 25.0 Å². The lowest BCUT2D eigenvalue weighted by molar-refractivity contribution is 0.661. The molecule has 0 saturated carbocycles. The molecule has 0 atom stereocenters. The number of aromatic nitrogens is 5. The molecule has 5 aromatic carbocycles. The second-order valence-electron chi connectivity index (χ2n) is 11.2. The van der Waals surface area contributed by atoms with Crippen molar-refractivity contribution < 1.29 is 0 Å². The molecule has 4 heterocycles. The summed E-state index contributed by atoms with van der Waals surface area (Å²) >= 11 is 0. The van der Waals surface area contributed by atoms with Crippen molar-refractivity contribution in [3.63, 3.8) is 0 Å². The maximum atomic E-state index is 5.25. The lowest BCUT2D eigenvalue weighted by Gasteiger charge is -2.21. The molecule has 9 aromatic rings. The second-order valence-corrected chi connectivity index (χ2v) is 11.2. The Kier molecular flexibility index (Phi) is 3.02.